The summed E-state index contributed by atoms with van der Waals surface area (Å²) >= 11 is 5.99. The van der Waals surface area contributed by atoms with Crippen LogP contribution < -0.4 is 5.32 Å². The Kier molecular flexibility index (Phi) is 4.46. The average molecular weight is 323 g/mol. The number of nitrogens with zero attached hydrogens (tertiary/aromatic N) is 3. The molecule has 0 bridgehead atoms. The van der Waals surface area contributed by atoms with Crippen LogP contribution in [0.2, 0.25) is 5.02 Å². The quantitative estimate of drug-likeness (QED) is 0.690. The van der Waals surface area contributed by atoms with Crippen LogP contribution in [0.1, 0.15) is 28.7 Å². The summed E-state index contributed by atoms with van der Waals surface area (Å²) in [5.74, 6) is -0.392. The first-order chi connectivity index (χ1) is 10.3. The zero-order valence-corrected chi connectivity index (χ0v) is 13.1. The molecule has 2 aromatic rings. The fourth-order valence-electron chi connectivity index (χ4n) is 2.24. The van der Waals surface area contributed by atoms with E-state index in [4.69, 9.17) is 11.6 Å². The van der Waals surface area contributed by atoms with E-state index in [2.05, 4.69) is 10.4 Å². The second-order valence-electron chi connectivity index (χ2n) is 4.74. The minimum atomic E-state index is -0.544. The molecule has 8 heteroatoms. The molecule has 0 unspecified atom stereocenters. The van der Waals surface area contributed by atoms with Gasteiger partial charge in [-0.25, -0.2) is 0 Å². The Balaban J connectivity index is 2.35. The molecule has 0 aliphatic rings. The van der Waals surface area contributed by atoms with Gasteiger partial charge in [-0.3, -0.25) is 19.6 Å². The van der Waals surface area contributed by atoms with Crippen molar-refractivity contribution in [2.45, 2.75) is 27.3 Å². The number of nitro groups is 1. The molecule has 1 N–H and O–H groups in total. The van der Waals surface area contributed by atoms with Gasteiger partial charge in [0.25, 0.3) is 11.6 Å². The highest BCUT2D eigenvalue weighted by molar-refractivity contribution is 6.34. The molecule has 1 aromatic carbocycles. The number of rotatable bonds is 4. The third-order valence-corrected chi connectivity index (χ3v) is 3.65. The number of aromatic nitrogens is 2. The average Bonchev–Trinajstić information content (AvgIpc) is 2.75. The van der Waals surface area contributed by atoms with E-state index in [0.29, 0.717) is 17.8 Å². The van der Waals surface area contributed by atoms with Crippen molar-refractivity contribution >= 4 is 28.9 Å². The van der Waals surface area contributed by atoms with E-state index in [-0.39, 0.29) is 16.4 Å². The fraction of sp³-hybridized carbons (Fsp3) is 0.286. The van der Waals surface area contributed by atoms with Crippen molar-refractivity contribution in [2.24, 2.45) is 0 Å². The molecule has 0 aliphatic carbocycles. The smallest absolute Gasteiger partial charge is 0.271 e. The summed E-state index contributed by atoms with van der Waals surface area (Å²) in [6.45, 7) is 6.12. The van der Waals surface area contributed by atoms with E-state index < -0.39 is 10.8 Å². The molecular weight excluding hydrogens is 308 g/mol. The fourth-order valence-corrected chi connectivity index (χ4v) is 2.41. The predicted molar refractivity (Wildman–Crippen MR) is 83.4 cm³/mol. The summed E-state index contributed by atoms with van der Waals surface area (Å²) in [5, 5.41) is 17.9. The second-order valence-corrected chi connectivity index (χ2v) is 5.14. The highest BCUT2D eigenvalue weighted by Gasteiger charge is 2.20. The van der Waals surface area contributed by atoms with Gasteiger partial charge in [-0.2, -0.15) is 5.10 Å². The lowest BCUT2D eigenvalue weighted by Crippen LogP contribution is -2.14. The van der Waals surface area contributed by atoms with Crippen molar-refractivity contribution in [3.63, 3.8) is 0 Å². The number of benzene rings is 1. The maximum atomic E-state index is 12.4. The maximum Gasteiger partial charge on any atom is 0.271 e. The van der Waals surface area contributed by atoms with Crippen molar-refractivity contribution in [1.29, 1.82) is 0 Å². The largest absolute Gasteiger partial charge is 0.320 e. The lowest BCUT2D eigenvalue weighted by Gasteiger charge is -2.07. The number of carbonyl (C=O) groups is 1. The number of nitro benzene ring substituents is 1. The van der Waals surface area contributed by atoms with Crippen molar-refractivity contribution in [3.05, 3.63) is 50.3 Å². The van der Waals surface area contributed by atoms with Gasteiger partial charge >= 0.3 is 0 Å². The zero-order valence-electron chi connectivity index (χ0n) is 12.4. The van der Waals surface area contributed by atoms with Gasteiger partial charge in [0.15, 0.2) is 0 Å². The molecule has 0 aliphatic heterocycles. The van der Waals surface area contributed by atoms with Crippen LogP contribution in [0.4, 0.5) is 11.4 Å². The van der Waals surface area contributed by atoms with Gasteiger partial charge in [0, 0.05) is 24.4 Å². The van der Waals surface area contributed by atoms with Crippen molar-refractivity contribution in [2.75, 3.05) is 5.32 Å². The summed E-state index contributed by atoms with van der Waals surface area (Å²) in [5.41, 5.74) is 1.84. The van der Waals surface area contributed by atoms with Crippen LogP contribution >= 0.6 is 11.6 Å². The highest BCUT2D eigenvalue weighted by Crippen LogP contribution is 2.27. The molecule has 0 fully saturated rings. The molecular formula is C14H15ClN4O3. The lowest BCUT2D eigenvalue weighted by atomic mass is 10.1. The Bertz CT molecular complexity index is 755. The normalized spacial score (nSPS) is 10.5. The van der Waals surface area contributed by atoms with Gasteiger partial charge in [0.05, 0.1) is 26.9 Å². The first-order valence-corrected chi connectivity index (χ1v) is 7.02. The Labute approximate surface area is 132 Å². The van der Waals surface area contributed by atoms with Crippen LogP contribution in [-0.2, 0) is 6.54 Å². The van der Waals surface area contributed by atoms with Gasteiger partial charge in [0.1, 0.15) is 0 Å². The summed E-state index contributed by atoms with van der Waals surface area (Å²) < 4.78 is 1.72. The van der Waals surface area contributed by atoms with Gasteiger partial charge in [-0.1, -0.05) is 11.6 Å². The Morgan fingerprint density at radius 2 is 2.14 bits per heavy atom. The maximum absolute atomic E-state index is 12.4. The molecule has 0 saturated carbocycles. The number of hydrogen-bond donors (Lipinski definition) is 1. The first kappa shape index (κ1) is 16.0. The second kappa shape index (κ2) is 6.15. The van der Waals surface area contributed by atoms with E-state index in [1.54, 1.807) is 18.5 Å². The number of carbonyl (C=O) groups excluding carboxylic acids is 1. The van der Waals surface area contributed by atoms with E-state index >= 15 is 0 Å². The van der Waals surface area contributed by atoms with Crippen LogP contribution in [0.3, 0.4) is 0 Å². The molecule has 0 spiro atoms. The molecule has 1 heterocycles. The van der Waals surface area contributed by atoms with E-state index in [1.807, 2.05) is 6.92 Å². The SMILES string of the molecule is CCn1nc(C)c(C(=O)Nc2cc([N+](=O)[O-])ccc2Cl)c1C. The monoisotopic (exact) mass is 322 g/mol. The Hall–Kier alpha value is -2.41. The van der Waals surface area contributed by atoms with Gasteiger partial charge in [0.2, 0.25) is 0 Å². The number of nitrogens with one attached hydrogen (secondary N) is 1. The number of aryl methyl sites for hydroxylation is 2. The molecule has 0 radical (unpaired) electrons. The third kappa shape index (κ3) is 2.94. The van der Waals surface area contributed by atoms with E-state index in [1.165, 1.54) is 18.2 Å². The summed E-state index contributed by atoms with van der Waals surface area (Å²) in [4.78, 5) is 22.7. The standard InChI is InChI=1S/C14H15ClN4O3/c1-4-18-9(3)13(8(2)17-18)14(20)16-12-7-10(19(21)22)5-6-11(12)15/h5-7H,4H2,1-3H3,(H,16,20). The molecule has 1 amide bonds. The van der Waals surface area contributed by atoms with Crippen molar-refractivity contribution in [3.8, 4) is 0 Å². The van der Waals surface area contributed by atoms with Crippen LogP contribution in [0.25, 0.3) is 0 Å². The van der Waals surface area contributed by atoms with Crippen LogP contribution in [0.15, 0.2) is 18.2 Å². The molecule has 116 valence electrons. The predicted octanol–water partition coefficient (Wildman–Crippen LogP) is 3.33. The highest BCUT2D eigenvalue weighted by atomic mass is 35.5. The minimum Gasteiger partial charge on any atom is -0.320 e. The van der Waals surface area contributed by atoms with Crippen LogP contribution in [0, 0.1) is 24.0 Å². The van der Waals surface area contributed by atoms with Crippen molar-refractivity contribution < 1.29 is 9.72 Å². The molecule has 0 atom stereocenters. The molecule has 1 aromatic heterocycles. The van der Waals surface area contributed by atoms with Gasteiger partial charge in [-0.15, -0.1) is 0 Å². The Morgan fingerprint density at radius 1 is 1.45 bits per heavy atom. The number of amides is 1. The number of halogens is 1. The Morgan fingerprint density at radius 3 is 2.68 bits per heavy atom. The van der Waals surface area contributed by atoms with Gasteiger partial charge < -0.3 is 5.32 Å². The summed E-state index contributed by atoms with van der Waals surface area (Å²) in [6, 6.07) is 3.89. The molecule has 2 rings (SSSR count). The molecule has 7 nitrogen and oxygen atoms in total. The van der Waals surface area contributed by atoms with Gasteiger partial charge in [-0.05, 0) is 26.8 Å². The molecule has 22 heavy (non-hydrogen) atoms. The number of hydrogen-bond acceptors (Lipinski definition) is 4. The summed E-state index contributed by atoms with van der Waals surface area (Å²) in [6.07, 6.45) is 0. The van der Waals surface area contributed by atoms with Crippen molar-refractivity contribution in [1.82, 2.24) is 9.78 Å². The van der Waals surface area contributed by atoms with Crippen LogP contribution in [0.5, 0.6) is 0 Å². The number of anilines is 1. The van der Waals surface area contributed by atoms with E-state index in [0.717, 1.165) is 5.69 Å². The minimum absolute atomic E-state index is 0.141. The van der Waals surface area contributed by atoms with E-state index in [9.17, 15) is 14.9 Å². The van der Waals surface area contributed by atoms with Crippen LogP contribution in [-0.4, -0.2) is 20.6 Å². The number of non-ortho nitro benzene ring substituents is 1. The topological polar surface area (TPSA) is 90.1 Å². The summed E-state index contributed by atoms with van der Waals surface area (Å²) in [7, 11) is 0. The lowest BCUT2D eigenvalue weighted by molar-refractivity contribution is -0.384. The zero-order chi connectivity index (χ0) is 16.4. The third-order valence-electron chi connectivity index (χ3n) is 3.32. The first-order valence-electron chi connectivity index (χ1n) is 6.64. The molecule has 0 saturated heterocycles.